The third kappa shape index (κ3) is 3.77. The molecule has 1 aromatic rings. The highest BCUT2D eigenvalue weighted by Crippen LogP contribution is 2.34. The molecule has 116 valence electrons. The van der Waals surface area contributed by atoms with E-state index in [9.17, 15) is 4.79 Å². The van der Waals surface area contributed by atoms with Gasteiger partial charge >= 0.3 is 0 Å². The number of rotatable bonds is 4. The summed E-state index contributed by atoms with van der Waals surface area (Å²) in [5.41, 5.74) is 0.393. The number of halogens is 1. The zero-order chi connectivity index (χ0) is 15.5. The van der Waals surface area contributed by atoms with E-state index in [2.05, 4.69) is 26.6 Å². The minimum absolute atomic E-state index is 0.0632. The molecule has 0 spiro atoms. The molecular weight excluding hydrogens is 332 g/mol. The summed E-state index contributed by atoms with van der Waals surface area (Å²) in [5.74, 6) is 1.19. The number of hydrogen-bond donors (Lipinski definition) is 2. The third-order valence-corrected chi connectivity index (χ3v) is 4.93. The molecule has 1 aliphatic heterocycles. The van der Waals surface area contributed by atoms with Crippen LogP contribution >= 0.6 is 15.9 Å². The summed E-state index contributed by atoms with van der Waals surface area (Å²) in [6, 6.07) is 5.57. The van der Waals surface area contributed by atoms with E-state index in [-0.39, 0.29) is 11.3 Å². The van der Waals surface area contributed by atoms with Gasteiger partial charge in [-0.1, -0.05) is 13.8 Å². The highest BCUT2D eigenvalue weighted by Gasteiger charge is 2.37. The SMILES string of the molecule is COc1ccc(NC(=O)C(C)(C)C2CCCNC2)cc1Br. The van der Waals surface area contributed by atoms with Crippen LogP contribution in [0.2, 0.25) is 0 Å². The van der Waals surface area contributed by atoms with Gasteiger partial charge in [0.05, 0.1) is 11.6 Å². The number of piperidine rings is 1. The van der Waals surface area contributed by atoms with Crippen molar-refractivity contribution in [2.75, 3.05) is 25.5 Å². The van der Waals surface area contributed by atoms with Crippen LogP contribution in [0.5, 0.6) is 5.75 Å². The Kier molecular flexibility index (Phi) is 5.27. The van der Waals surface area contributed by atoms with E-state index < -0.39 is 0 Å². The second-order valence-electron chi connectivity index (χ2n) is 6.07. The normalized spacial score (nSPS) is 19.1. The Labute approximate surface area is 134 Å². The molecule has 0 aromatic heterocycles. The van der Waals surface area contributed by atoms with Gasteiger partial charge in [-0.15, -0.1) is 0 Å². The maximum Gasteiger partial charge on any atom is 0.230 e. The van der Waals surface area contributed by atoms with Crippen molar-refractivity contribution in [3.05, 3.63) is 22.7 Å². The lowest BCUT2D eigenvalue weighted by molar-refractivity contribution is -0.127. The first-order valence-corrected chi connectivity index (χ1v) is 8.10. The fraction of sp³-hybridized carbons (Fsp3) is 0.562. The second kappa shape index (κ2) is 6.79. The summed E-state index contributed by atoms with van der Waals surface area (Å²) >= 11 is 3.44. The van der Waals surface area contributed by atoms with Crippen molar-refractivity contribution in [3.63, 3.8) is 0 Å². The molecule has 21 heavy (non-hydrogen) atoms. The molecule has 0 radical (unpaired) electrons. The van der Waals surface area contributed by atoms with Crippen LogP contribution in [-0.2, 0) is 4.79 Å². The number of hydrogen-bond acceptors (Lipinski definition) is 3. The summed E-state index contributed by atoms with van der Waals surface area (Å²) in [5, 5.41) is 6.40. The number of amides is 1. The predicted molar refractivity (Wildman–Crippen MR) is 88.7 cm³/mol. The monoisotopic (exact) mass is 354 g/mol. The number of anilines is 1. The van der Waals surface area contributed by atoms with Crippen molar-refractivity contribution in [2.45, 2.75) is 26.7 Å². The molecular formula is C16H23BrN2O2. The van der Waals surface area contributed by atoms with E-state index in [0.717, 1.165) is 41.8 Å². The Balaban J connectivity index is 2.07. The van der Waals surface area contributed by atoms with Gasteiger partial charge in [0.15, 0.2) is 0 Å². The highest BCUT2D eigenvalue weighted by molar-refractivity contribution is 9.10. The Bertz CT molecular complexity index is 511. The van der Waals surface area contributed by atoms with Crippen molar-refractivity contribution >= 4 is 27.5 Å². The second-order valence-corrected chi connectivity index (χ2v) is 6.92. The van der Waals surface area contributed by atoms with Gasteiger partial charge < -0.3 is 15.4 Å². The van der Waals surface area contributed by atoms with E-state index in [1.165, 1.54) is 0 Å². The van der Waals surface area contributed by atoms with Gasteiger partial charge in [0.1, 0.15) is 5.75 Å². The molecule has 2 rings (SSSR count). The number of methoxy groups -OCH3 is 1. The van der Waals surface area contributed by atoms with E-state index in [0.29, 0.717) is 5.92 Å². The van der Waals surface area contributed by atoms with Gasteiger partial charge in [-0.2, -0.15) is 0 Å². The molecule has 4 nitrogen and oxygen atoms in total. The molecule has 1 fully saturated rings. The lowest BCUT2D eigenvalue weighted by atomic mass is 9.74. The number of carbonyl (C=O) groups excluding carboxylic acids is 1. The Morgan fingerprint density at radius 1 is 1.48 bits per heavy atom. The number of ether oxygens (including phenoxy) is 1. The first-order valence-electron chi connectivity index (χ1n) is 7.31. The van der Waals surface area contributed by atoms with Crippen LogP contribution in [0.4, 0.5) is 5.69 Å². The molecule has 1 atom stereocenters. The zero-order valence-corrected chi connectivity index (χ0v) is 14.4. The largest absolute Gasteiger partial charge is 0.496 e. The summed E-state index contributed by atoms with van der Waals surface area (Å²) < 4.78 is 6.03. The average molecular weight is 355 g/mol. The first-order chi connectivity index (χ1) is 9.95. The van der Waals surface area contributed by atoms with Crippen LogP contribution in [0.3, 0.4) is 0 Å². The topological polar surface area (TPSA) is 50.4 Å². The third-order valence-electron chi connectivity index (χ3n) is 4.31. The summed E-state index contributed by atoms with van der Waals surface area (Å²) in [6.45, 7) is 6.02. The minimum Gasteiger partial charge on any atom is -0.496 e. The van der Waals surface area contributed by atoms with E-state index >= 15 is 0 Å². The lowest BCUT2D eigenvalue weighted by Crippen LogP contribution is -2.44. The Morgan fingerprint density at radius 2 is 2.24 bits per heavy atom. The van der Waals surface area contributed by atoms with E-state index in [1.54, 1.807) is 7.11 Å². The molecule has 5 heteroatoms. The van der Waals surface area contributed by atoms with Gasteiger partial charge in [-0.3, -0.25) is 4.79 Å². The van der Waals surface area contributed by atoms with Crippen LogP contribution < -0.4 is 15.4 Å². The first kappa shape index (κ1) is 16.3. The fourth-order valence-electron chi connectivity index (χ4n) is 2.69. The zero-order valence-electron chi connectivity index (χ0n) is 12.8. The van der Waals surface area contributed by atoms with Crippen molar-refractivity contribution in [1.82, 2.24) is 5.32 Å². The van der Waals surface area contributed by atoms with E-state index in [1.807, 2.05) is 32.0 Å². The number of benzene rings is 1. The quantitative estimate of drug-likeness (QED) is 0.870. The molecule has 1 amide bonds. The molecule has 1 aromatic carbocycles. The summed E-state index contributed by atoms with van der Waals surface area (Å²) in [6.07, 6.45) is 2.23. The maximum atomic E-state index is 12.6. The fourth-order valence-corrected chi connectivity index (χ4v) is 3.23. The molecule has 2 N–H and O–H groups in total. The summed E-state index contributed by atoms with van der Waals surface area (Å²) in [7, 11) is 1.62. The summed E-state index contributed by atoms with van der Waals surface area (Å²) in [4.78, 5) is 12.6. The molecule has 0 bridgehead atoms. The number of carbonyl (C=O) groups is 1. The minimum atomic E-state index is -0.389. The standard InChI is InChI=1S/C16H23BrN2O2/c1-16(2,11-5-4-8-18-10-11)15(20)19-12-6-7-14(21-3)13(17)9-12/h6-7,9,11,18H,4-5,8,10H2,1-3H3,(H,19,20). The maximum absolute atomic E-state index is 12.6. The van der Waals surface area contributed by atoms with Gasteiger partial charge in [-0.25, -0.2) is 0 Å². The van der Waals surface area contributed by atoms with Crippen LogP contribution in [-0.4, -0.2) is 26.1 Å². The Morgan fingerprint density at radius 3 is 2.81 bits per heavy atom. The van der Waals surface area contributed by atoms with Crippen molar-refractivity contribution in [3.8, 4) is 5.75 Å². The predicted octanol–water partition coefficient (Wildman–Crippen LogP) is 3.42. The van der Waals surface area contributed by atoms with Gasteiger partial charge in [0.25, 0.3) is 0 Å². The van der Waals surface area contributed by atoms with E-state index in [4.69, 9.17) is 4.74 Å². The van der Waals surface area contributed by atoms with Crippen LogP contribution in [0.1, 0.15) is 26.7 Å². The molecule has 0 aliphatic carbocycles. The number of nitrogens with one attached hydrogen (secondary N) is 2. The van der Waals surface area contributed by atoms with Gasteiger partial charge in [-0.05, 0) is 66.0 Å². The van der Waals surface area contributed by atoms with Crippen LogP contribution in [0, 0.1) is 11.3 Å². The Hall–Kier alpha value is -1.07. The van der Waals surface area contributed by atoms with Crippen molar-refractivity contribution < 1.29 is 9.53 Å². The smallest absolute Gasteiger partial charge is 0.230 e. The van der Waals surface area contributed by atoms with Crippen LogP contribution in [0.15, 0.2) is 22.7 Å². The van der Waals surface area contributed by atoms with Crippen LogP contribution in [0.25, 0.3) is 0 Å². The molecule has 1 aliphatic rings. The average Bonchev–Trinajstić information content (AvgIpc) is 2.48. The van der Waals surface area contributed by atoms with Crippen molar-refractivity contribution in [1.29, 1.82) is 0 Å². The van der Waals surface area contributed by atoms with Gasteiger partial charge in [0.2, 0.25) is 5.91 Å². The van der Waals surface area contributed by atoms with Crippen molar-refractivity contribution in [2.24, 2.45) is 11.3 Å². The van der Waals surface area contributed by atoms with Gasteiger partial charge in [0, 0.05) is 11.1 Å². The highest BCUT2D eigenvalue weighted by atomic mass is 79.9. The molecule has 1 unspecified atom stereocenters. The lowest BCUT2D eigenvalue weighted by Gasteiger charge is -2.36. The molecule has 1 saturated heterocycles. The molecule has 0 saturated carbocycles. The molecule has 1 heterocycles.